The SMILES string of the molecule is COC(=O)/C=C(\NC(C)=O)c1ccc(F)cc1. The molecule has 0 spiro atoms. The lowest BCUT2D eigenvalue weighted by molar-refractivity contribution is -0.134. The van der Waals surface area contributed by atoms with Gasteiger partial charge in [-0.3, -0.25) is 4.79 Å². The Kier molecular flexibility index (Phi) is 4.39. The molecule has 0 atom stereocenters. The second kappa shape index (κ2) is 5.79. The molecule has 0 fully saturated rings. The van der Waals surface area contributed by atoms with Crippen LogP contribution in [-0.2, 0) is 14.3 Å². The van der Waals surface area contributed by atoms with Crippen LogP contribution in [-0.4, -0.2) is 19.0 Å². The van der Waals surface area contributed by atoms with Gasteiger partial charge in [-0.2, -0.15) is 0 Å². The van der Waals surface area contributed by atoms with E-state index in [0.717, 1.165) is 6.08 Å². The van der Waals surface area contributed by atoms with Crippen molar-refractivity contribution < 1.29 is 18.7 Å². The molecule has 0 unspecified atom stereocenters. The molecular formula is C12H12FNO3. The highest BCUT2D eigenvalue weighted by Gasteiger charge is 2.06. The van der Waals surface area contributed by atoms with Crippen LogP contribution in [0.15, 0.2) is 30.3 Å². The summed E-state index contributed by atoms with van der Waals surface area (Å²) in [7, 11) is 1.23. The van der Waals surface area contributed by atoms with E-state index in [1.165, 1.54) is 38.3 Å². The predicted octanol–water partition coefficient (Wildman–Crippen LogP) is 1.48. The summed E-state index contributed by atoms with van der Waals surface area (Å²) in [6.45, 7) is 1.31. The number of carbonyl (C=O) groups excluding carboxylic acids is 2. The molecule has 0 radical (unpaired) electrons. The smallest absolute Gasteiger partial charge is 0.332 e. The number of esters is 1. The minimum absolute atomic E-state index is 0.268. The zero-order valence-electron chi connectivity index (χ0n) is 9.49. The Morgan fingerprint density at radius 3 is 2.35 bits per heavy atom. The van der Waals surface area contributed by atoms with Crippen LogP contribution >= 0.6 is 0 Å². The minimum atomic E-state index is -0.599. The number of rotatable bonds is 3. The zero-order valence-corrected chi connectivity index (χ0v) is 9.49. The first-order chi connectivity index (χ1) is 8.02. The van der Waals surface area contributed by atoms with Gasteiger partial charge >= 0.3 is 5.97 Å². The lowest BCUT2D eigenvalue weighted by Gasteiger charge is -2.07. The quantitative estimate of drug-likeness (QED) is 0.640. The van der Waals surface area contributed by atoms with Gasteiger partial charge in [-0.1, -0.05) is 0 Å². The third-order valence-electron chi connectivity index (χ3n) is 1.93. The van der Waals surface area contributed by atoms with Crippen molar-refractivity contribution in [3.05, 3.63) is 41.7 Å². The third-order valence-corrected chi connectivity index (χ3v) is 1.93. The Balaban J connectivity index is 3.05. The van der Waals surface area contributed by atoms with Crippen LogP contribution in [0.25, 0.3) is 5.70 Å². The maximum atomic E-state index is 12.7. The molecule has 0 bridgehead atoms. The van der Waals surface area contributed by atoms with Crippen LogP contribution < -0.4 is 5.32 Å². The molecule has 0 aliphatic carbocycles. The normalized spacial score (nSPS) is 10.9. The minimum Gasteiger partial charge on any atom is -0.466 e. The van der Waals surface area contributed by atoms with Crippen molar-refractivity contribution >= 4 is 17.6 Å². The van der Waals surface area contributed by atoms with Gasteiger partial charge in [-0.05, 0) is 29.8 Å². The molecule has 1 N–H and O–H groups in total. The zero-order chi connectivity index (χ0) is 12.8. The van der Waals surface area contributed by atoms with Gasteiger partial charge in [0, 0.05) is 13.0 Å². The topological polar surface area (TPSA) is 55.4 Å². The molecule has 0 saturated heterocycles. The second-order valence-electron chi connectivity index (χ2n) is 3.27. The standard InChI is InChI=1S/C12H12FNO3/c1-8(15)14-11(7-12(16)17-2)9-3-5-10(13)6-4-9/h3-7H,1-2H3,(H,14,15)/b11-7-. The molecule has 0 saturated carbocycles. The van der Waals surface area contributed by atoms with Crippen molar-refractivity contribution in [2.75, 3.05) is 7.11 Å². The van der Waals surface area contributed by atoms with Gasteiger partial charge in [0.15, 0.2) is 0 Å². The Hall–Kier alpha value is -2.17. The van der Waals surface area contributed by atoms with E-state index in [0.29, 0.717) is 5.56 Å². The van der Waals surface area contributed by atoms with Crippen molar-refractivity contribution in [2.24, 2.45) is 0 Å². The van der Waals surface area contributed by atoms with Crippen molar-refractivity contribution in [2.45, 2.75) is 6.92 Å². The molecule has 1 aromatic carbocycles. The molecule has 17 heavy (non-hydrogen) atoms. The van der Waals surface area contributed by atoms with Crippen LogP contribution in [0.2, 0.25) is 0 Å². The second-order valence-corrected chi connectivity index (χ2v) is 3.27. The highest BCUT2D eigenvalue weighted by molar-refractivity contribution is 5.95. The molecule has 4 nitrogen and oxygen atoms in total. The number of ether oxygens (including phenoxy) is 1. The highest BCUT2D eigenvalue weighted by atomic mass is 19.1. The summed E-state index contributed by atoms with van der Waals surface area (Å²) in [6, 6.07) is 5.39. The van der Waals surface area contributed by atoms with E-state index in [-0.39, 0.29) is 11.6 Å². The number of hydrogen-bond donors (Lipinski definition) is 1. The molecule has 0 heterocycles. The Labute approximate surface area is 98.1 Å². The number of carbonyl (C=O) groups is 2. The average molecular weight is 237 g/mol. The molecule has 1 amide bonds. The lowest BCUT2D eigenvalue weighted by Crippen LogP contribution is -2.19. The summed E-state index contributed by atoms with van der Waals surface area (Å²) >= 11 is 0. The first-order valence-electron chi connectivity index (χ1n) is 4.86. The Morgan fingerprint density at radius 1 is 1.29 bits per heavy atom. The van der Waals surface area contributed by atoms with Gasteiger partial charge in [-0.15, -0.1) is 0 Å². The molecule has 1 aromatic rings. The summed E-state index contributed by atoms with van der Waals surface area (Å²) in [4.78, 5) is 22.1. The monoisotopic (exact) mass is 237 g/mol. The Bertz CT molecular complexity index is 451. The lowest BCUT2D eigenvalue weighted by atomic mass is 10.1. The number of hydrogen-bond acceptors (Lipinski definition) is 3. The number of methoxy groups -OCH3 is 1. The van der Waals surface area contributed by atoms with Crippen LogP contribution in [0, 0.1) is 5.82 Å². The van der Waals surface area contributed by atoms with E-state index in [1.807, 2.05) is 0 Å². The van der Waals surface area contributed by atoms with Gasteiger partial charge in [0.1, 0.15) is 5.82 Å². The predicted molar refractivity (Wildman–Crippen MR) is 60.2 cm³/mol. The third kappa shape index (κ3) is 4.06. The van der Waals surface area contributed by atoms with Crippen LogP contribution in [0.3, 0.4) is 0 Å². The number of amides is 1. The first-order valence-corrected chi connectivity index (χ1v) is 4.86. The molecule has 5 heteroatoms. The largest absolute Gasteiger partial charge is 0.466 e. The summed E-state index contributed by atoms with van der Waals surface area (Å²) in [5, 5.41) is 2.48. The fraction of sp³-hybridized carbons (Fsp3) is 0.167. The average Bonchev–Trinajstić information content (AvgIpc) is 2.28. The molecule has 0 aliphatic heterocycles. The summed E-state index contributed by atoms with van der Waals surface area (Å²) in [5.74, 6) is -1.32. The summed E-state index contributed by atoms with van der Waals surface area (Å²) < 4.78 is 17.2. The van der Waals surface area contributed by atoms with E-state index in [4.69, 9.17) is 0 Å². The van der Waals surface area contributed by atoms with E-state index in [2.05, 4.69) is 10.1 Å². The highest BCUT2D eigenvalue weighted by Crippen LogP contribution is 2.12. The van der Waals surface area contributed by atoms with E-state index >= 15 is 0 Å². The van der Waals surface area contributed by atoms with Gasteiger partial charge in [0.05, 0.1) is 12.8 Å². The van der Waals surface area contributed by atoms with E-state index in [1.54, 1.807) is 0 Å². The van der Waals surface area contributed by atoms with E-state index < -0.39 is 11.8 Å². The fourth-order valence-corrected chi connectivity index (χ4v) is 1.19. The first kappa shape index (κ1) is 12.9. The summed E-state index contributed by atoms with van der Waals surface area (Å²) in [5.41, 5.74) is 0.788. The van der Waals surface area contributed by atoms with Gasteiger partial charge in [0.25, 0.3) is 0 Å². The maximum absolute atomic E-state index is 12.7. The van der Waals surface area contributed by atoms with E-state index in [9.17, 15) is 14.0 Å². The molecule has 1 rings (SSSR count). The number of nitrogens with one attached hydrogen (secondary N) is 1. The summed E-state index contributed by atoms with van der Waals surface area (Å²) in [6.07, 6.45) is 1.13. The van der Waals surface area contributed by atoms with Gasteiger partial charge in [0.2, 0.25) is 5.91 Å². The number of benzene rings is 1. The van der Waals surface area contributed by atoms with Crippen molar-refractivity contribution in [3.63, 3.8) is 0 Å². The number of halogens is 1. The maximum Gasteiger partial charge on any atom is 0.332 e. The van der Waals surface area contributed by atoms with Crippen molar-refractivity contribution in [1.82, 2.24) is 5.32 Å². The van der Waals surface area contributed by atoms with Crippen LogP contribution in [0.1, 0.15) is 12.5 Å². The van der Waals surface area contributed by atoms with Crippen LogP contribution in [0.4, 0.5) is 4.39 Å². The van der Waals surface area contributed by atoms with Gasteiger partial charge < -0.3 is 10.1 Å². The fourth-order valence-electron chi connectivity index (χ4n) is 1.19. The van der Waals surface area contributed by atoms with Crippen molar-refractivity contribution in [3.8, 4) is 0 Å². The van der Waals surface area contributed by atoms with Crippen LogP contribution in [0.5, 0.6) is 0 Å². The molecular weight excluding hydrogens is 225 g/mol. The molecule has 0 aliphatic rings. The van der Waals surface area contributed by atoms with Crippen molar-refractivity contribution in [1.29, 1.82) is 0 Å². The molecule has 90 valence electrons. The van der Waals surface area contributed by atoms with Gasteiger partial charge in [-0.25, -0.2) is 9.18 Å². The molecule has 0 aromatic heterocycles. The Morgan fingerprint density at radius 2 is 1.88 bits per heavy atom.